The number of aromatic amines is 1. The molecule has 0 unspecified atom stereocenters. The molecule has 6 heteroatoms. The van der Waals surface area contributed by atoms with Crippen LogP contribution in [0.5, 0.6) is 0 Å². The van der Waals surface area contributed by atoms with Crippen LogP contribution in [0.25, 0.3) is 11.4 Å². The van der Waals surface area contributed by atoms with E-state index >= 15 is 0 Å². The van der Waals surface area contributed by atoms with Crippen LogP contribution in [-0.2, 0) is 4.74 Å². The van der Waals surface area contributed by atoms with Crippen LogP contribution in [0.3, 0.4) is 0 Å². The minimum Gasteiger partial charge on any atom is -0.373 e. The van der Waals surface area contributed by atoms with Gasteiger partial charge in [-0.1, -0.05) is 12.1 Å². The predicted octanol–water partition coefficient (Wildman–Crippen LogP) is 0.889. The lowest BCUT2D eigenvalue weighted by Gasteiger charge is -2.25. The summed E-state index contributed by atoms with van der Waals surface area (Å²) in [5.41, 5.74) is 1.61. The van der Waals surface area contributed by atoms with Crippen molar-refractivity contribution >= 4 is 5.91 Å². The van der Waals surface area contributed by atoms with Gasteiger partial charge in [0.1, 0.15) is 5.82 Å². The van der Waals surface area contributed by atoms with Crippen LogP contribution in [0.4, 0.5) is 0 Å². The van der Waals surface area contributed by atoms with Gasteiger partial charge < -0.3 is 19.9 Å². The van der Waals surface area contributed by atoms with Crippen LogP contribution in [-0.4, -0.2) is 59.2 Å². The Hall–Kier alpha value is -2.18. The van der Waals surface area contributed by atoms with Crippen LogP contribution in [0, 0.1) is 0 Å². The number of rotatable bonds is 2. The van der Waals surface area contributed by atoms with E-state index in [1.165, 1.54) is 0 Å². The summed E-state index contributed by atoms with van der Waals surface area (Å²) in [5, 5.41) is 3.42. The van der Waals surface area contributed by atoms with Gasteiger partial charge in [-0.2, -0.15) is 0 Å². The Bertz CT molecular complexity index is 657. The van der Waals surface area contributed by atoms with Crippen molar-refractivity contribution in [1.82, 2.24) is 20.2 Å². The van der Waals surface area contributed by atoms with E-state index < -0.39 is 0 Å². The Morgan fingerprint density at radius 1 is 1.36 bits per heavy atom. The molecule has 0 saturated carbocycles. The number of nitrogens with zero attached hydrogens (tertiary/aromatic N) is 2. The number of fused-ring (bicyclic) bond motifs is 1. The summed E-state index contributed by atoms with van der Waals surface area (Å²) < 4.78 is 5.73. The lowest BCUT2D eigenvalue weighted by molar-refractivity contribution is 0.0176. The van der Waals surface area contributed by atoms with Crippen molar-refractivity contribution in [2.24, 2.45) is 0 Å². The second kappa shape index (κ2) is 5.55. The summed E-state index contributed by atoms with van der Waals surface area (Å²) >= 11 is 0. The number of carbonyl (C=O) groups is 1. The van der Waals surface area contributed by atoms with E-state index in [1.807, 2.05) is 29.2 Å². The summed E-state index contributed by atoms with van der Waals surface area (Å²) in [5.74, 6) is 0.822. The third-order valence-corrected chi connectivity index (χ3v) is 4.28. The highest BCUT2D eigenvalue weighted by Gasteiger charge is 2.37. The molecule has 3 heterocycles. The highest BCUT2D eigenvalue weighted by molar-refractivity contribution is 5.95. The van der Waals surface area contributed by atoms with E-state index in [0.717, 1.165) is 24.5 Å². The summed E-state index contributed by atoms with van der Waals surface area (Å²) in [6.07, 6.45) is 3.60. The first kappa shape index (κ1) is 13.5. The molecule has 1 amide bonds. The maximum Gasteiger partial charge on any atom is 0.254 e. The van der Waals surface area contributed by atoms with E-state index in [2.05, 4.69) is 15.3 Å². The number of ether oxygens (including phenoxy) is 1. The van der Waals surface area contributed by atoms with Crippen molar-refractivity contribution in [1.29, 1.82) is 0 Å². The summed E-state index contributed by atoms with van der Waals surface area (Å²) in [6, 6.07) is 7.83. The molecule has 22 heavy (non-hydrogen) atoms. The number of hydrogen-bond acceptors (Lipinski definition) is 4. The Balaban J connectivity index is 1.54. The Kier molecular flexibility index (Phi) is 3.40. The fourth-order valence-electron chi connectivity index (χ4n) is 3.16. The molecule has 0 radical (unpaired) electrons. The molecule has 0 spiro atoms. The van der Waals surface area contributed by atoms with Gasteiger partial charge in [-0.3, -0.25) is 4.79 Å². The SMILES string of the molecule is O=C(c1cccc(-c2ncc[nH]2)c1)N1C[C@@H]2NCCO[C@H]2C1. The number of benzene rings is 1. The molecule has 2 N–H and O–H groups in total. The number of hydrogen-bond donors (Lipinski definition) is 2. The number of nitrogens with one attached hydrogen (secondary N) is 2. The Labute approximate surface area is 128 Å². The fourth-order valence-corrected chi connectivity index (χ4v) is 3.16. The topological polar surface area (TPSA) is 70.2 Å². The first-order valence-electron chi connectivity index (χ1n) is 7.55. The lowest BCUT2D eigenvalue weighted by atomic mass is 10.1. The molecule has 4 rings (SSSR count). The monoisotopic (exact) mass is 298 g/mol. The maximum atomic E-state index is 12.7. The quantitative estimate of drug-likeness (QED) is 0.864. The van der Waals surface area contributed by atoms with Gasteiger partial charge in [-0.25, -0.2) is 4.98 Å². The fraction of sp³-hybridized carbons (Fsp3) is 0.375. The van der Waals surface area contributed by atoms with Gasteiger partial charge in [0.2, 0.25) is 0 Å². The van der Waals surface area contributed by atoms with Crippen molar-refractivity contribution < 1.29 is 9.53 Å². The highest BCUT2D eigenvalue weighted by atomic mass is 16.5. The maximum absolute atomic E-state index is 12.7. The zero-order valence-electron chi connectivity index (χ0n) is 12.2. The molecule has 1 aromatic heterocycles. The lowest BCUT2D eigenvalue weighted by Crippen LogP contribution is -2.47. The third-order valence-electron chi connectivity index (χ3n) is 4.28. The normalized spacial score (nSPS) is 24.3. The van der Waals surface area contributed by atoms with Crippen LogP contribution >= 0.6 is 0 Å². The van der Waals surface area contributed by atoms with Gasteiger partial charge in [0, 0.05) is 43.2 Å². The van der Waals surface area contributed by atoms with Gasteiger partial charge in [-0.15, -0.1) is 0 Å². The van der Waals surface area contributed by atoms with Crippen molar-refractivity contribution in [3.63, 3.8) is 0 Å². The van der Waals surface area contributed by atoms with Gasteiger partial charge in [0.05, 0.1) is 18.8 Å². The molecule has 2 aromatic rings. The van der Waals surface area contributed by atoms with Gasteiger partial charge in [0.15, 0.2) is 0 Å². The number of likely N-dealkylation sites (tertiary alicyclic amines) is 1. The standard InChI is InChI=1S/C16H18N4O2/c21-16(20-9-13-14(10-20)22-7-6-17-13)12-3-1-2-11(8-12)15-18-4-5-19-15/h1-5,8,13-14,17H,6-7,9-10H2,(H,18,19)/t13-,14-/m0/s1. The molecule has 2 aliphatic heterocycles. The van der Waals surface area contributed by atoms with Crippen LogP contribution < -0.4 is 5.32 Å². The zero-order valence-corrected chi connectivity index (χ0v) is 12.2. The molecule has 1 aromatic carbocycles. The van der Waals surface area contributed by atoms with E-state index in [1.54, 1.807) is 12.4 Å². The van der Waals surface area contributed by atoms with Crippen molar-refractivity contribution in [3.05, 3.63) is 42.2 Å². The van der Waals surface area contributed by atoms with E-state index in [9.17, 15) is 4.79 Å². The molecule has 2 saturated heterocycles. The number of H-pyrrole nitrogens is 1. The van der Waals surface area contributed by atoms with Crippen molar-refractivity contribution in [2.45, 2.75) is 12.1 Å². The minimum atomic E-state index is 0.0493. The molecule has 6 nitrogen and oxygen atoms in total. The Morgan fingerprint density at radius 3 is 3.14 bits per heavy atom. The van der Waals surface area contributed by atoms with Crippen LogP contribution in [0.1, 0.15) is 10.4 Å². The molecular weight excluding hydrogens is 280 g/mol. The largest absolute Gasteiger partial charge is 0.373 e. The second-order valence-corrected chi connectivity index (χ2v) is 5.70. The summed E-state index contributed by atoms with van der Waals surface area (Å²) in [4.78, 5) is 21.9. The Morgan fingerprint density at radius 2 is 2.32 bits per heavy atom. The predicted molar refractivity (Wildman–Crippen MR) is 81.5 cm³/mol. The van der Waals surface area contributed by atoms with Crippen molar-refractivity contribution in [2.75, 3.05) is 26.2 Å². The average Bonchev–Trinajstić information content (AvgIpc) is 3.23. The van der Waals surface area contributed by atoms with E-state index in [0.29, 0.717) is 18.7 Å². The second-order valence-electron chi connectivity index (χ2n) is 5.70. The highest BCUT2D eigenvalue weighted by Crippen LogP contribution is 2.21. The smallest absolute Gasteiger partial charge is 0.254 e. The van der Waals surface area contributed by atoms with Gasteiger partial charge >= 0.3 is 0 Å². The molecule has 2 fully saturated rings. The first-order chi connectivity index (χ1) is 10.8. The molecule has 2 aliphatic rings. The minimum absolute atomic E-state index is 0.0493. The molecule has 0 bridgehead atoms. The molecular formula is C16H18N4O2. The van der Waals surface area contributed by atoms with Crippen LogP contribution in [0.15, 0.2) is 36.7 Å². The number of imidazole rings is 1. The molecule has 2 atom stereocenters. The number of morpholine rings is 1. The third kappa shape index (κ3) is 2.40. The number of amides is 1. The number of aromatic nitrogens is 2. The van der Waals surface area contributed by atoms with Crippen LogP contribution in [0.2, 0.25) is 0 Å². The summed E-state index contributed by atoms with van der Waals surface area (Å²) in [6.45, 7) is 2.93. The summed E-state index contributed by atoms with van der Waals surface area (Å²) in [7, 11) is 0. The van der Waals surface area contributed by atoms with E-state index in [-0.39, 0.29) is 18.1 Å². The molecule has 114 valence electrons. The molecule has 0 aliphatic carbocycles. The van der Waals surface area contributed by atoms with Gasteiger partial charge in [0.25, 0.3) is 5.91 Å². The van der Waals surface area contributed by atoms with Gasteiger partial charge in [-0.05, 0) is 12.1 Å². The first-order valence-corrected chi connectivity index (χ1v) is 7.55. The van der Waals surface area contributed by atoms with Crippen molar-refractivity contribution in [3.8, 4) is 11.4 Å². The zero-order chi connectivity index (χ0) is 14.9. The average molecular weight is 298 g/mol. The number of carbonyl (C=O) groups excluding carboxylic acids is 1. The van der Waals surface area contributed by atoms with E-state index in [4.69, 9.17) is 4.74 Å².